The molecule has 2 heteroatoms. The Bertz CT molecular complexity index is 489. The molecule has 0 heterocycles. The molecular weight excluding hydrogens is 222 g/mol. The van der Waals surface area contributed by atoms with Gasteiger partial charge in [0, 0.05) is 17.7 Å². The number of ether oxygens (including phenoxy) is 1. The van der Waals surface area contributed by atoms with Crippen LogP contribution in [0.15, 0.2) is 48.1 Å². The molecule has 0 saturated carbocycles. The van der Waals surface area contributed by atoms with Gasteiger partial charge in [-0.2, -0.15) is 0 Å². The fourth-order valence-corrected chi connectivity index (χ4v) is 1.37. The van der Waals surface area contributed by atoms with Crippen molar-refractivity contribution >= 4 is 0 Å². The molecule has 1 aromatic carbocycles. The maximum absolute atomic E-state index is 5.46. The first-order valence-electron chi connectivity index (χ1n) is 6.04. The zero-order valence-electron chi connectivity index (χ0n) is 10.9. The van der Waals surface area contributed by atoms with Gasteiger partial charge in [-0.05, 0) is 32.0 Å². The summed E-state index contributed by atoms with van der Waals surface area (Å²) in [5.74, 6) is 7.04. The van der Waals surface area contributed by atoms with Gasteiger partial charge < -0.3 is 10.5 Å². The van der Waals surface area contributed by atoms with Crippen LogP contribution in [-0.2, 0) is 0 Å². The lowest BCUT2D eigenvalue weighted by Gasteiger charge is -2.03. The molecular formula is C16H19NO. The maximum Gasteiger partial charge on any atom is 0.120 e. The topological polar surface area (TPSA) is 35.2 Å². The first-order chi connectivity index (χ1) is 8.80. The van der Waals surface area contributed by atoms with Gasteiger partial charge in [-0.1, -0.05) is 36.1 Å². The zero-order chi connectivity index (χ0) is 13.2. The Morgan fingerprint density at radius 3 is 2.89 bits per heavy atom. The second kappa shape index (κ2) is 8.16. The number of rotatable bonds is 4. The fraction of sp³-hybridized carbons (Fsp3) is 0.250. The molecule has 0 fully saturated rings. The molecule has 0 bridgehead atoms. The molecule has 0 aliphatic heterocycles. The molecule has 0 atom stereocenters. The second-order valence-electron chi connectivity index (χ2n) is 3.66. The Morgan fingerprint density at radius 1 is 1.39 bits per heavy atom. The van der Waals surface area contributed by atoms with E-state index in [1.807, 2.05) is 56.3 Å². The number of hydrogen-bond donors (Lipinski definition) is 1. The Balaban J connectivity index is 2.81. The summed E-state index contributed by atoms with van der Waals surface area (Å²) in [5, 5.41) is 0. The third kappa shape index (κ3) is 4.90. The van der Waals surface area contributed by atoms with Gasteiger partial charge in [0.1, 0.15) is 12.4 Å². The number of hydrogen-bond acceptors (Lipinski definition) is 2. The number of benzene rings is 1. The minimum atomic E-state index is 0.514. The van der Waals surface area contributed by atoms with Gasteiger partial charge in [0.05, 0.1) is 0 Å². The Hall–Kier alpha value is -1.98. The van der Waals surface area contributed by atoms with E-state index in [0.29, 0.717) is 13.2 Å². The van der Waals surface area contributed by atoms with Crippen molar-refractivity contribution < 1.29 is 4.74 Å². The van der Waals surface area contributed by atoms with E-state index in [0.717, 1.165) is 16.9 Å². The van der Waals surface area contributed by atoms with Gasteiger partial charge in [0.15, 0.2) is 0 Å². The van der Waals surface area contributed by atoms with Crippen LogP contribution in [0.1, 0.15) is 19.4 Å². The van der Waals surface area contributed by atoms with Crippen molar-refractivity contribution in [2.45, 2.75) is 13.8 Å². The van der Waals surface area contributed by atoms with Gasteiger partial charge in [-0.15, -0.1) is 0 Å². The van der Waals surface area contributed by atoms with E-state index >= 15 is 0 Å². The molecule has 0 amide bonds. The number of nitrogens with two attached hydrogens (primary N) is 1. The van der Waals surface area contributed by atoms with Crippen LogP contribution in [0.5, 0.6) is 5.75 Å². The largest absolute Gasteiger partial charge is 0.492 e. The molecule has 2 N–H and O–H groups in total. The number of allylic oxidation sites excluding steroid dienone is 4. The van der Waals surface area contributed by atoms with Crippen molar-refractivity contribution in [3.63, 3.8) is 0 Å². The van der Waals surface area contributed by atoms with E-state index in [1.54, 1.807) is 0 Å². The Morgan fingerprint density at radius 2 is 2.22 bits per heavy atom. The molecule has 2 nitrogen and oxygen atoms in total. The van der Waals surface area contributed by atoms with Crippen molar-refractivity contribution in [2.24, 2.45) is 5.73 Å². The van der Waals surface area contributed by atoms with Crippen LogP contribution in [0.4, 0.5) is 0 Å². The summed E-state index contributed by atoms with van der Waals surface area (Å²) in [6, 6.07) is 7.72. The van der Waals surface area contributed by atoms with E-state index in [9.17, 15) is 0 Å². The van der Waals surface area contributed by atoms with Gasteiger partial charge in [-0.25, -0.2) is 0 Å². The summed E-state index contributed by atoms with van der Waals surface area (Å²) in [6.07, 6.45) is 5.95. The van der Waals surface area contributed by atoms with E-state index in [-0.39, 0.29) is 0 Å². The van der Waals surface area contributed by atoms with Crippen molar-refractivity contribution in [3.05, 3.63) is 53.6 Å². The third-order valence-electron chi connectivity index (χ3n) is 2.23. The van der Waals surface area contributed by atoms with Gasteiger partial charge in [0.2, 0.25) is 0 Å². The van der Waals surface area contributed by atoms with Crippen LogP contribution in [0.3, 0.4) is 0 Å². The highest BCUT2D eigenvalue weighted by atomic mass is 16.5. The molecule has 0 aromatic heterocycles. The van der Waals surface area contributed by atoms with Crippen molar-refractivity contribution in [1.82, 2.24) is 0 Å². The summed E-state index contributed by atoms with van der Waals surface area (Å²) < 4.78 is 5.46. The SMILES string of the molecule is C/C=C\C(C#Cc1cccc(OCCN)c1)=C/C. The van der Waals surface area contributed by atoms with Crippen molar-refractivity contribution in [1.29, 1.82) is 0 Å². The molecule has 0 saturated heterocycles. The predicted octanol–water partition coefficient (Wildman–Crippen LogP) is 2.90. The molecule has 1 aromatic rings. The first kappa shape index (κ1) is 14.1. The Kier molecular flexibility index (Phi) is 6.38. The minimum Gasteiger partial charge on any atom is -0.492 e. The van der Waals surface area contributed by atoms with Crippen LogP contribution in [-0.4, -0.2) is 13.2 Å². The van der Waals surface area contributed by atoms with Gasteiger partial charge >= 0.3 is 0 Å². The minimum absolute atomic E-state index is 0.514. The summed E-state index contributed by atoms with van der Waals surface area (Å²) in [5.41, 5.74) is 7.34. The molecule has 1 rings (SSSR count). The maximum atomic E-state index is 5.46. The average Bonchev–Trinajstić information content (AvgIpc) is 2.41. The fourth-order valence-electron chi connectivity index (χ4n) is 1.37. The summed E-state index contributed by atoms with van der Waals surface area (Å²) in [7, 11) is 0. The van der Waals surface area contributed by atoms with E-state index in [2.05, 4.69) is 11.8 Å². The zero-order valence-corrected chi connectivity index (χ0v) is 10.9. The van der Waals surface area contributed by atoms with E-state index in [1.165, 1.54) is 0 Å². The summed E-state index contributed by atoms with van der Waals surface area (Å²) in [6.45, 7) is 4.99. The van der Waals surface area contributed by atoms with Crippen LogP contribution in [0.2, 0.25) is 0 Å². The van der Waals surface area contributed by atoms with Crippen molar-refractivity contribution in [2.75, 3.05) is 13.2 Å². The average molecular weight is 241 g/mol. The first-order valence-corrected chi connectivity index (χ1v) is 6.04. The van der Waals surface area contributed by atoms with E-state index < -0.39 is 0 Å². The lowest BCUT2D eigenvalue weighted by molar-refractivity contribution is 0.328. The molecule has 0 aliphatic rings. The molecule has 0 radical (unpaired) electrons. The third-order valence-corrected chi connectivity index (χ3v) is 2.23. The quantitative estimate of drug-likeness (QED) is 0.650. The standard InChI is InChI=1S/C16H19NO/c1-3-6-14(4-2)9-10-15-7-5-8-16(13-15)18-12-11-17/h3-8,13H,11-12,17H2,1-2H3/b6-3-,14-4+. The van der Waals surface area contributed by atoms with Crippen LogP contribution in [0, 0.1) is 11.8 Å². The summed E-state index contributed by atoms with van der Waals surface area (Å²) in [4.78, 5) is 0. The van der Waals surface area contributed by atoms with Crippen LogP contribution < -0.4 is 10.5 Å². The molecule has 94 valence electrons. The highest BCUT2D eigenvalue weighted by Gasteiger charge is 1.93. The molecule has 0 spiro atoms. The molecule has 18 heavy (non-hydrogen) atoms. The lowest BCUT2D eigenvalue weighted by Crippen LogP contribution is -2.10. The van der Waals surface area contributed by atoms with Gasteiger partial charge in [-0.3, -0.25) is 0 Å². The van der Waals surface area contributed by atoms with Crippen molar-refractivity contribution in [3.8, 4) is 17.6 Å². The highest BCUT2D eigenvalue weighted by molar-refractivity contribution is 5.46. The van der Waals surface area contributed by atoms with E-state index in [4.69, 9.17) is 10.5 Å². The molecule has 0 aliphatic carbocycles. The monoisotopic (exact) mass is 241 g/mol. The predicted molar refractivity (Wildman–Crippen MR) is 76.4 cm³/mol. The van der Waals surface area contributed by atoms with Crippen LogP contribution in [0.25, 0.3) is 0 Å². The van der Waals surface area contributed by atoms with Gasteiger partial charge in [0.25, 0.3) is 0 Å². The second-order valence-corrected chi connectivity index (χ2v) is 3.66. The highest BCUT2D eigenvalue weighted by Crippen LogP contribution is 2.12. The lowest BCUT2D eigenvalue weighted by atomic mass is 10.2. The Labute approximate surface area is 109 Å². The normalized spacial score (nSPS) is 11.2. The smallest absolute Gasteiger partial charge is 0.120 e. The van der Waals surface area contributed by atoms with Crippen LogP contribution >= 0.6 is 0 Å². The summed E-state index contributed by atoms with van der Waals surface area (Å²) >= 11 is 0. The molecule has 0 unspecified atom stereocenters.